The molecular weight excluding hydrogens is 304 g/mol. The second-order valence-electron chi connectivity index (χ2n) is 6.27. The molecule has 0 spiro atoms. The fourth-order valence-corrected chi connectivity index (χ4v) is 2.48. The molecule has 0 unspecified atom stereocenters. The molecule has 0 amide bonds. The lowest BCUT2D eigenvalue weighted by Gasteiger charge is -2.15. The van der Waals surface area contributed by atoms with Crippen molar-refractivity contribution >= 4 is 5.97 Å². The van der Waals surface area contributed by atoms with Crippen LogP contribution in [0.1, 0.15) is 64.7 Å². The standard InChI is InChI=1S/C20H32O4/c1-2-3-4-5-6-10-13-18(21)19(22)16-15-17-12-9-7-8-11-14-20(23)24-17/h6-7,9-10,15-19,21-22H,2-5,8,11-14H2,1H3/b9-7?,10-6?,16-15+/t17-,18+,19+/m0/s1. The van der Waals surface area contributed by atoms with E-state index in [-0.39, 0.29) is 12.1 Å². The minimum atomic E-state index is -0.958. The molecule has 0 aromatic rings. The van der Waals surface area contributed by atoms with E-state index in [0.29, 0.717) is 19.3 Å². The Bertz CT molecular complexity index is 425. The lowest BCUT2D eigenvalue weighted by Crippen LogP contribution is -2.24. The summed E-state index contributed by atoms with van der Waals surface area (Å²) in [7, 11) is 0. The first kappa shape index (κ1) is 20.7. The van der Waals surface area contributed by atoms with E-state index in [0.717, 1.165) is 25.7 Å². The molecular formula is C20H32O4. The Labute approximate surface area is 145 Å². The molecule has 136 valence electrons. The molecule has 4 heteroatoms. The minimum absolute atomic E-state index is 0.210. The third-order valence-electron chi connectivity index (χ3n) is 4.01. The van der Waals surface area contributed by atoms with Crippen molar-refractivity contribution in [3.05, 3.63) is 36.5 Å². The van der Waals surface area contributed by atoms with Crippen LogP contribution in [0.15, 0.2) is 36.5 Å². The van der Waals surface area contributed by atoms with Crippen molar-refractivity contribution < 1.29 is 19.7 Å². The van der Waals surface area contributed by atoms with Crippen LogP contribution in [0.25, 0.3) is 0 Å². The van der Waals surface area contributed by atoms with Crippen molar-refractivity contribution in [1.29, 1.82) is 0 Å². The summed E-state index contributed by atoms with van der Waals surface area (Å²) in [6, 6.07) is 0. The number of ether oxygens (including phenoxy) is 1. The number of aliphatic hydroxyl groups is 2. The van der Waals surface area contributed by atoms with Gasteiger partial charge in [-0.25, -0.2) is 0 Å². The fourth-order valence-electron chi connectivity index (χ4n) is 2.48. The quantitative estimate of drug-likeness (QED) is 0.381. The van der Waals surface area contributed by atoms with Crippen molar-refractivity contribution in [2.24, 2.45) is 0 Å². The van der Waals surface area contributed by atoms with E-state index in [1.807, 2.05) is 12.2 Å². The molecule has 0 aromatic carbocycles. The molecule has 1 rings (SSSR count). The fraction of sp³-hybridized carbons (Fsp3) is 0.650. The number of hydrogen-bond donors (Lipinski definition) is 2. The van der Waals surface area contributed by atoms with Gasteiger partial charge in [-0.2, -0.15) is 0 Å². The van der Waals surface area contributed by atoms with Crippen molar-refractivity contribution in [2.45, 2.75) is 83.0 Å². The molecule has 1 heterocycles. The summed E-state index contributed by atoms with van der Waals surface area (Å²) >= 11 is 0. The van der Waals surface area contributed by atoms with Crippen molar-refractivity contribution in [3.63, 3.8) is 0 Å². The Morgan fingerprint density at radius 3 is 2.92 bits per heavy atom. The van der Waals surface area contributed by atoms with Gasteiger partial charge >= 0.3 is 5.97 Å². The predicted octanol–water partition coefficient (Wildman–Crippen LogP) is 3.83. The Morgan fingerprint density at radius 2 is 2.12 bits per heavy atom. The zero-order valence-electron chi connectivity index (χ0n) is 14.8. The van der Waals surface area contributed by atoms with E-state index in [1.54, 1.807) is 6.08 Å². The normalized spacial score (nSPS) is 22.1. The van der Waals surface area contributed by atoms with Crippen LogP contribution in [-0.4, -0.2) is 34.5 Å². The zero-order chi connectivity index (χ0) is 17.6. The number of carbonyl (C=O) groups excluding carboxylic acids is 1. The third kappa shape index (κ3) is 9.68. The maximum atomic E-state index is 11.6. The topological polar surface area (TPSA) is 66.8 Å². The monoisotopic (exact) mass is 336 g/mol. The molecule has 1 aliphatic rings. The van der Waals surface area contributed by atoms with Crippen LogP contribution in [0.2, 0.25) is 0 Å². The Kier molecular flexibility index (Phi) is 11.2. The minimum Gasteiger partial charge on any atom is -0.458 e. The second kappa shape index (κ2) is 13.0. The summed E-state index contributed by atoms with van der Waals surface area (Å²) in [4.78, 5) is 11.6. The van der Waals surface area contributed by atoms with E-state index < -0.39 is 12.2 Å². The van der Waals surface area contributed by atoms with Crippen LogP contribution in [-0.2, 0) is 9.53 Å². The molecule has 0 radical (unpaired) electrons. The highest BCUT2D eigenvalue weighted by atomic mass is 16.5. The Hall–Kier alpha value is -1.39. The molecule has 1 aliphatic heterocycles. The largest absolute Gasteiger partial charge is 0.458 e. The molecule has 0 aliphatic carbocycles. The molecule has 2 N–H and O–H groups in total. The summed E-state index contributed by atoms with van der Waals surface area (Å²) in [5.74, 6) is -0.210. The number of unbranched alkanes of at least 4 members (excludes halogenated alkanes) is 3. The second-order valence-corrected chi connectivity index (χ2v) is 6.27. The van der Waals surface area contributed by atoms with Crippen molar-refractivity contribution in [1.82, 2.24) is 0 Å². The molecule has 0 bridgehead atoms. The smallest absolute Gasteiger partial charge is 0.306 e. The van der Waals surface area contributed by atoms with Gasteiger partial charge in [-0.05, 0) is 38.2 Å². The van der Waals surface area contributed by atoms with Gasteiger partial charge in [0, 0.05) is 12.8 Å². The highest BCUT2D eigenvalue weighted by Crippen LogP contribution is 2.12. The average molecular weight is 336 g/mol. The molecule has 24 heavy (non-hydrogen) atoms. The van der Waals surface area contributed by atoms with E-state index in [4.69, 9.17) is 4.74 Å². The SMILES string of the molecule is CCCCCC=CC[C@@H](O)[C@H](O)/C=C/[C@@H]1CC=CCCCC(=O)O1. The van der Waals surface area contributed by atoms with E-state index in [2.05, 4.69) is 19.1 Å². The summed E-state index contributed by atoms with van der Waals surface area (Å²) in [5, 5.41) is 20.0. The molecule has 0 fully saturated rings. The van der Waals surface area contributed by atoms with Crippen LogP contribution in [0, 0.1) is 0 Å². The van der Waals surface area contributed by atoms with E-state index in [9.17, 15) is 15.0 Å². The van der Waals surface area contributed by atoms with Gasteiger partial charge in [0.2, 0.25) is 0 Å². The number of aliphatic hydroxyl groups excluding tert-OH is 2. The van der Waals surface area contributed by atoms with Crippen molar-refractivity contribution in [3.8, 4) is 0 Å². The molecule has 0 aromatic heterocycles. The highest BCUT2D eigenvalue weighted by molar-refractivity contribution is 5.69. The molecule has 3 atom stereocenters. The van der Waals surface area contributed by atoms with Gasteiger partial charge in [0.25, 0.3) is 0 Å². The zero-order valence-corrected chi connectivity index (χ0v) is 14.8. The average Bonchev–Trinajstić information content (AvgIpc) is 2.67. The number of allylic oxidation sites excluding steroid dienone is 2. The lowest BCUT2D eigenvalue weighted by atomic mass is 10.1. The van der Waals surface area contributed by atoms with Gasteiger partial charge in [-0.1, -0.05) is 50.1 Å². The van der Waals surface area contributed by atoms with Crippen LogP contribution in [0.5, 0.6) is 0 Å². The van der Waals surface area contributed by atoms with Crippen LogP contribution in [0.3, 0.4) is 0 Å². The maximum Gasteiger partial charge on any atom is 0.306 e. The first-order valence-corrected chi connectivity index (χ1v) is 9.17. The number of cyclic esters (lactones) is 1. The van der Waals surface area contributed by atoms with Gasteiger partial charge in [0.05, 0.1) is 12.2 Å². The Morgan fingerprint density at radius 1 is 1.29 bits per heavy atom. The summed E-state index contributed by atoms with van der Waals surface area (Å²) in [5.41, 5.74) is 0. The number of esters is 1. The van der Waals surface area contributed by atoms with Gasteiger partial charge < -0.3 is 14.9 Å². The van der Waals surface area contributed by atoms with Crippen LogP contribution < -0.4 is 0 Å². The van der Waals surface area contributed by atoms with Gasteiger partial charge in [-0.3, -0.25) is 4.79 Å². The summed E-state index contributed by atoms with van der Waals surface area (Å²) < 4.78 is 5.35. The van der Waals surface area contributed by atoms with Crippen molar-refractivity contribution in [2.75, 3.05) is 0 Å². The lowest BCUT2D eigenvalue weighted by molar-refractivity contribution is -0.146. The van der Waals surface area contributed by atoms with Gasteiger partial charge in [0.15, 0.2) is 0 Å². The summed E-state index contributed by atoms with van der Waals surface area (Å²) in [6.07, 6.45) is 16.8. The predicted molar refractivity (Wildman–Crippen MR) is 96.5 cm³/mol. The first-order chi connectivity index (χ1) is 11.6. The maximum absolute atomic E-state index is 11.6. The van der Waals surface area contributed by atoms with E-state index >= 15 is 0 Å². The van der Waals surface area contributed by atoms with E-state index in [1.165, 1.54) is 18.9 Å². The highest BCUT2D eigenvalue weighted by Gasteiger charge is 2.15. The van der Waals surface area contributed by atoms with Crippen LogP contribution >= 0.6 is 0 Å². The molecule has 0 saturated carbocycles. The third-order valence-corrected chi connectivity index (χ3v) is 4.01. The first-order valence-electron chi connectivity index (χ1n) is 9.17. The van der Waals surface area contributed by atoms with Gasteiger partial charge in [0.1, 0.15) is 6.10 Å². The number of rotatable bonds is 9. The molecule has 0 saturated heterocycles. The Balaban J connectivity index is 2.38. The number of carbonyl (C=O) groups is 1. The van der Waals surface area contributed by atoms with Crippen LogP contribution in [0.4, 0.5) is 0 Å². The van der Waals surface area contributed by atoms with Gasteiger partial charge in [-0.15, -0.1) is 0 Å². The number of hydrogen-bond acceptors (Lipinski definition) is 4. The summed E-state index contributed by atoms with van der Waals surface area (Å²) in [6.45, 7) is 2.17. The molecule has 4 nitrogen and oxygen atoms in total.